The third-order valence-electron chi connectivity index (χ3n) is 3.83. The molecule has 0 saturated heterocycles. The van der Waals surface area contributed by atoms with Crippen LogP contribution in [-0.4, -0.2) is 0 Å². The first kappa shape index (κ1) is 16.9. The van der Waals surface area contributed by atoms with Gasteiger partial charge < -0.3 is 13.6 Å². The minimum absolute atomic E-state index is 0.102. The van der Waals surface area contributed by atoms with E-state index in [2.05, 4.69) is 15.9 Å². The van der Waals surface area contributed by atoms with Crippen molar-refractivity contribution in [2.45, 2.75) is 6.61 Å². The Morgan fingerprint density at radius 2 is 1.85 bits per heavy atom. The van der Waals surface area contributed by atoms with Gasteiger partial charge in [-0.2, -0.15) is 0 Å². The molecule has 26 heavy (non-hydrogen) atoms. The molecule has 4 nitrogen and oxygen atoms in total. The van der Waals surface area contributed by atoms with Gasteiger partial charge in [0.2, 0.25) is 16.9 Å². The summed E-state index contributed by atoms with van der Waals surface area (Å²) in [5, 5.41) is 1.05. The molecule has 0 saturated carbocycles. The quantitative estimate of drug-likeness (QED) is 0.395. The SMILES string of the molecule is O=c1c(OCc2cccc(Cl)c2)c(-c2ccc(Br)o2)oc2ccccc12. The monoisotopic (exact) mass is 430 g/mol. The van der Waals surface area contributed by atoms with Crippen LogP contribution in [0.3, 0.4) is 0 Å². The molecule has 2 aromatic heterocycles. The Hall–Kier alpha value is -2.50. The average molecular weight is 432 g/mol. The van der Waals surface area contributed by atoms with Gasteiger partial charge in [0.1, 0.15) is 12.2 Å². The summed E-state index contributed by atoms with van der Waals surface area (Å²) in [4.78, 5) is 13.0. The Morgan fingerprint density at radius 1 is 1.00 bits per heavy atom. The van der Waals surface area contributed by atoms with Crippen molar-refractivity contribution < 1.29 is 13.6 Å². The number of para-hydroxylation sites is 1. The summed E-state index contributed by atoms with van der Waals surface area (Å²) in [7, 11) is 0. The maximum atomic E-state index is 13.0. The molecule has 0 spiro atoms. The van der Waals surface area contributed by atoms with Crippen molar-refractivity contribution in [3.05, 3.63) is 86.1 Å². The van der Waals surface area contributed by atoms with E-state index in [9.17, 15) is 4.79 Å². The molecule has 0 unspecified atom stereocenters. The molecule has 130 valence electrons. The third-order valence-corrected chi connectivity index (χ3v) is 4.49. The summed E-state index contributed by atoms with van der Waals surface area (Å²) >= 11 is 9.27. The van der Waals surface area contributed by atoms with Gasteiger partial charge in [0.05, 0.1) is 5.39 Å². The second-order valence-electron chi connectivity index (χ2n) is 5.61. The number of benzene rings is 2. The molecular formula is C20H12BrClO4. The summed E-state index contributed by atoms with van der Waals surface area (Å²) < 4.78 is 17.9. The topological polar surface area (TPSA) is 52.6 Å². The second-order valence-corrected chi connectivity index (χ2v) is 6.83. The Balaban J connectivity index is 1.83. The molecule has 0 fully saturated rings. The normalized spacial score (nSPS) is 11.0. The fraction of sp³-hybridized carbons (Fsp3) is 0.0500. The van der Waals surface area contributed by atoms with Gasteiger partial charge in [0.25, 0.3) is 0 Å². The Bertz CT molecular complexity index is 1150. The zero-order valence-electron chi connectivity index (χ0n) is 13.4. The third kappa shape index (κ3) is 3.28. The summed E-state index contributed by atoms with van der Waals surface area (Å²) in [6, 6.07) is 17.7. The summed E-state index contributed by atoms with van der Waals surface area (Å²) in [6.07, 6.45) is 0. The van der Waals surface area contributed by atoms with Gasteiger partial charge in [-0.1, -0.05) is 35.9 Å². The van der Waals surface area contributed by atoms with Crippen LogP contribution in [-0.2, 0) is 6.61 Å². The van der Waals surface area contributed by atoms with Crippen LogP contribution in [0.2, 0.25) is 5.02 Å². The van der Waals surface area contributed by atoms with Gasteiger partial charge in [-0.3, -0.25) is 4.79 Å². The first-order valence-corrected chi connectivity index (χ1v) is 8.98. The lowest BCUT2D eigenvalue weighted by Gasteiger charge is -2.10. The average Bonchev–Trinajstić information content (AvgIpc) is 3.07. The highest BCUT2D eigenvalue weighted by Gasteiger charge is 2.20. The molecule has 0 aliphatic carbocycles. The van der Waals surface area contributed by atoms with Gasteiger partial charge in [-0.15, -0.1) is 0 Å². The molecule has 0 atom stereocenters. The van der Waals surface area contributed by atoms with Crippen molar-refractivity contribution in [1.82, 2.24) is 0 Å². The minimum atomic E-state index is -0.253. The summed E-state index contributed by atoms with van der Waals surface area (Å²) in [5.74, 6) is 0.757. The molecule has 4 aromatic rings. The highest BCUT2D eigenvalue weighted by molar-refractivity contribution is 9.10. The van der Waals surface area contributed by atoms with E-state index in [1.165, 1.54) is 0 Å². The van der Waals surface area contributed by atoms with Crippen LogP contribution >= 0.6 is 27.5 Å². The number of ether oxygens (including phenoxy) is 1. The number of furan rings is 1. The summed E-state index contributed by atoms with van der Waals surface area (Å²) in [6.45, 7) is 0.179. The lowest BCUT2D eigenvalue weighted by molar-refractivity contribution is 0.296. The van der Waals surface area contributed by atoms with Gasteiger partial charge >= 0.3 is 0 Å². The lowest BCUT2D eigenvalue weighted by Crippen LogP contribution is -2.10. The van der Waals surface area contributed by atoms with E-state index in [1.54, 1.807) is 48.5 Å². The van der Waals surface area contributed by atoms with Crippen LogP contribution in [0, 0.1) is 0 Å². The first-order chi connectivity index (χ1) is 12.6. The molecule has 6 heteroatoms. The van der Waals surface area contributed by atoms with Crippen LogP contribution in [0.15, 0.2) is 79.0 Å². The maximum absolute atomic E-state index is 13.0. The highest BCUT2D eigenvalue weighted by atomic mass is 79.9. The van der Waals surface area contributed by atoms with Gasteiger partial charge in [-0.05, 0) is 57.9 Å². The largest absolute Gasteiger partial charge is 0.481 e. The molecule has 0 aliphatic heterocycles. The van der Waals surface area contributed by atoms with E-state index in [-0.39, 0.29) is 23.5 Å². The lowest BCUT2D eigenvalue weighted by atomic mass is 10.2. The van der Waals surface area contributed by atoms with Crippen LogP contribution in [0.25, 0.3) is 22.5 Å². The second kappa shape index (κ2) is 7.02. The predicted octanol–water partition coefficient (Wildman–Crippen LogP) is 6.05. The first-order valence-electron chi connectivity index (χ1n) is 7.80. The number of hydrogen-bond donors (Lipinski definition) is 0. The molecule has 0 N–H and O–H groups in total. The number of halogens is 2. The summed E-state index contributed by atoms with van der Waals surface area (Å²) in [5.41, 5.74) is 1.06. The van der Waals surface area contributed by atoms with Crippen molar-refractivity contribution in [3.63, 3.8) is 0 Å². The van der Waals surface area contributed by atoms with Crippen molar-refractivity contribution >= 4 is 38.5 Å². The minimum Gasteiger partial charge on any atom is -0.481 e. The van der Waals surface area contributed by atoms with E-state index in [1.807, 2.05) is 12.1 Å². The van der Waals surface area contributed by atoms with Crippen LogP contribution in [0.4, 0.5) is 0 Å². The molecule has 0 aliphatic rings. The molecule has 2 heterocycles. The Labute approximate surface area is 162 Å². The van der Waals surface area contributed by atoms with Gasteiger partial charge in [-0.25, -0.2) is 0 Å². The van der Waals surface area contributed by atoms with E-state index >= 15 is 0 Å². The molecule has 0 bridgehead atoms. The number of fused-ring (bicyclic) bond motifs is 1. The number of rotatable bonds is 4. The predicted molar refractivity (Wildman–Crippen MR) is 104 cm³/mol. The highest BCUT2D eigenvalue weighted by Crippen LogP contribution is 2.33. The standard InChI is InChI=1S/C20H12BrClO4/c21-17-9-8-16(25-17)19-20(24-11-12-4-3-5-13(22)10-12)18(23)14-6-1-2-7-15(14)26-19/h1-10H,11H2. The molecular weight excluding hydrogens is 420 g/mol. The van der Waals surface area contributed by atoms with Crippen LogP contribution in [0.5, 0.6) is 5.75 Å². The number of hydrogen-bond acceptors (Lipinski definition) is 4. The smallest absolute Gasteiger partial charge is 0.235 e. The van der Waals surface area contributed by atoms with Crippen molar-refractivity contribution in [2.75, 3.05) is 0 Å². The molecule has 2 aromatic carbocycles. The van der Waals surface area contributed by atoms with Gasteiger partial charge in [0, 0.05) is 5.02 Å². The van der Waals surface area contributed by atoms with Crippen molar-refractivity contribution in [3.8, 4) is 17.3 Å². The van der Waals surface area contributed by atoms with E-state index in [0.29, 0.717) is 26.4 Å². The van der Waals surface area contributed by atoms with E-state index < -0.39 is 0 Å². The Kier molecular flexibility index (Phi) is 4.57. The van der Waals surface area contributed by atoms with Crippen molar-refractivity contribution in [2.24, 2.45) is 0 Å². The van der Waals surface area contributed by atoms with Crippen molar-refractivity contribution in [1.29, 1.82) is 0 Å². The maximum Gasteiger partial charge on any atom is 0.235 e. The fourth-order valence-corrected chi connectivity index (χ4v) is 3.16. The molecule has 0 radical (unpaired) electrons. The van der Waals surface area contributed by atoms with E-state index in [0.717, 1.165) is 5.56 Å². The molecule has 4 rings (SSSR count). The zero-order chi connectivity index (χ0) is 18.1. The zero-order valence-corrected chi connectivity index (χ0v) is 15.7. The van der Waals surface area contributed by atoms with E-state index in [4.69, 9.17) is 25.2 Å². The fourth-order valence-electron chi connectivity index (χ4n) is 2.64. The molecule has 0 amide bonds. The van der Waals surface area contributed by atoms with Crippen LogP contribution in [0.1, 0.15) is 5.56 Å². The van der Waals surface area contributed by atoms with Gasteiger partial charge in [0.15, 0.2) is 10.4 Å². The van der Waals surface area contributed by atoms with Crippen LogP contribution < -0.4 is 10.2 Å². The Morgan fingerprint density at radius 3 is 2.62 bits per heavy atom.